The lowest BCUT2D eigenvalue weighted by Crippen LogP contribution is -1.98. The first-order valence-corrected chi connectivity index (χ1v) is 4.52. The number of hydrogen-bond donors (Lipinski definition) is 2. The average Bonchev–Trinajstić information content (AvgIpc) is 2.07. The van der Waals surface area contributed by atoms with Crippen LogP contribution in [-0.4, -0.2) is 6.21 Å². The molecule has 2 nitrogen and oxygen atoms in total. The van der Waals surface area contributed by atoms with Crippen molar-refractivity contribution in [2.75, 3.05) is 5.73 Å². The fraction of sp³-hybridized carbons (Fsp3) is 0.364. The Morgan fingerprint density at radius 3 is 2.69 bits per heavy atom. The molecule has 1 aromatic carbocycles. The lowest BCUT2D eigenvalue weighted by atomic mass is 10.0. The van der Waals surface area contributed by atoms with Crippen LogP contribution in [0.1, 0.15) is 25.0 Å². The second-order valence-corrected chi connectivity index (χ2v) is 3.71. The number of nitrogens with one attached hydrogen (secondary N) is 1. The summed E-state index contributed by atoms with van der Waals surface area (Å²) in [7, 11) is 0. The molecule has 0 bridgehead atoms. The van der Waals surface area contributed by atoms with Gasteiger partial charge in [-0.3, -0.25) is 0 Å². The van der Waals surface area contributed by atoms with Gasteiger partial charge in [-0.2, -0.15) is 0 Å². The summed E-state index contributed by atoms with van der Waals surface area (Å²) in [4.78, 5) is 0. The van der Waals surface area contributed by atoms with Gasteiger partial charge >= 0.3 is 0 Å². The quantitative estimate of drug-likeness (QED) is 0.539. The van der Waals surface area contributed by atoms with Gasteiger partial charge in [0.15, 0.2) is 0 Å². The molecule has 0 unspecified atom stereocenters. The van der Waals surface area contributed by atoms with Crippen molar-refractivity contribution in [2.24, 2.45) is 5.92 Å². The fourth-order valence-corrected chi connectivity index (χ4v) is 1.35. The monoisotopic (exact) mass is 176 g/mol. The number of benzene rings is 1. The van der Waals surface area contributed by atoms with E-state index in [1.807, 2.05) is 18.2 Å². The summed E-state index contributed by atoms with van der Waals surface area (Å²) < 4.78 is 0. The molecule has 0 aromatic heterocycles. The smallest absolute Gasteiger partial charge is 0.0403 e. The predicted octanol–water partition coefficient (Wildman–Crippen LogP) is 2.46. The van der Waals surface area contributed by atoms with Gasteiger partial charge in [-0.1, -0.05) is 19.9 Å². The van der Waals surface area contributed by atoms with E-state index in [0.29, 0.717) is 11.6 Å². The first kappa shape index (κ1) is 9.78. The molecule has 0 fully saturated rings. The van der Waals surface area contributed by atoms with Crippen molar-refractivity contribution in [1.29, 1.82) is 5.41 Å². The van der Waals surface area contributed by atoms with Gasteiger partial charge in [0.1, 0.15) is 0 Å². The summed E-state index contributed by atoms with van der Waals surface area (Å²) in [5.74, 6) is 0.641. The maximum Gasteiger partial charge on any atom is 0.0403 e. The maximum absolute atomic E-state index is 7.16. The minimum Gasteiger partial charge on any atom is -0.398 e. The number of anilines is 1. The molecule has 0 aliphatic carbocycles. The van der Waals surface area contributed by atoms with Crippen molar-refractivity contribution in [3.63, 3.8) is 0 Å². The predicted molar refractivity (Wildman–Crippen MR) is 57.3 cm³/mol. The number of nitrogens with two attached hydrogens (primary N) is 1. The van der Waals surface area contributed by atoms with E-state index in [1.54, 1.807) is 0 Å². The summed E-state index contributed by atoms with van der Waals surface area (Å²) >= 11 is 0. The van der Waals surface area contributed by atoms with Crippen molar-refractivity contribution < 1.29 is 0 Å². The van der Waals surface area contributed by atoms with E-state index in [2.05, 4.69) is 13.8 Å². The molecule has 0 saturated heterocycles. The summed E-state index contributed by atoms with van der Waals surface area (Å²) in [6, 6.07) is 5.89. The van der Waals surface area contributed by atoms with Gasteiger partial charge in [0.05, 0.1) is 0 Å². The Hall–Kier alpha value is -1.31. The molecule has 0 amide bonds. The molecule has 0 aliphatic heterocycles. The molecule has 3 N–H and O–H groups in total. The highest BCUT2D eigenvalue weighted by atomic mass is 14.6. The molecule has 1 rings (SSSR count). The molecule has 0 radical (unpaired) electrons. The number of hydrogen-bond acceptors (Lipinski definition) is 2. The zero-order valence-corrected chi connectivity index (χ0v) is 8.17. The summed E-state index contributed by atoms with van der Waals surface area (Å²) in [6.07, 6.45) is 2.35. The Kier molecular flexibility index (Phi) is 3.07. The van der Waals surface area contributed by atoms with Gasteiger partial charge in [0.2, 0.25) is 0 Å². The lowest BCUT2D eigenvalue weighted by Gasteiger charge is -2.07. The van der Waals surface area contributed by atoms with Gasteiger partial charge in [-0.05, 0) is 30.0 Å². The van der Waals surface area contributed by atoms with E-state index >= 15 is 0 Å². The third-order valence-corrected chi connectivity index (χ3v) is 1.95. The summed E-state index contributed by atoms with van der Waals surface area (Å²) in [6.45, 7) is 4.36. The highest BCUT2D eigenvalue weighted by molar-refractivity contribution is 5.85. The van der Waals surface area contributed by atoms with Crippen LogP contribution in [0.5, 0.6) is 0 Å². The Morgan fingerprint density at radius 1 is 1.46 bits per heavy atom. The fourth-order valence-electron chi connectivity index (χ4n) is 1.35. The lowest BCUT2D eigenvalue weighted by molar-refractivity contribution is 0.647. The standard InChI is InChI=1S/C11H16N2/c1-8(2)5-9-3-4-11(13)10(6-9)7-12/h3-4,6-8,12H,5,13H2,1-2H3. The second kappa shape index (κ2) is 4.08. The van der Waals surface area contributed by atoms with Crippen LogP contribution in [0.15, 0.2) is 18.2 Å². The van der Waals surface area contributed by atoms with E-state index in [4.69, 9.17) is 11.1 Å². The molecule has 70 valence electrons. The number of rotatable bonds is 3. The van der Waals surface area contributed by atoms with Crippen molar-refractivity contribution >= 4 is 11.9 Å². The molecule has 0 atom stereocenters. The van der Waals surface area contributed by atoms with E-state index in [0.717, 1.165) is 12.0 Å². The first-order valence-electron chi connectivity index (χ1n) is 4.52. The van der Waals surface area contributed by atoms with Crippen LogP contribution < -0.4 is 5.73 Å². The maximum atomic E-state index is 7.16. The van der Waals surface area contributed by atoms with Crippen LogP contribution in [0, 0.1) is 11.3 Å². The van der Waals surface area contributed by atoms with Crippen molar-refractivity contribution in [3.8, 4) is 0 Å². The van der Waals surface area contributed by atoms with E-state index < -0.39 is 0 Å². The second-order valence-electron chi connectivity index (χ2n) is 3.71. The molecule has 0 spiro atoms. The highest BCUT2D eigenvalue weighted by Gasteiger charge is 2.00. The molecule has 0 aliphatic rings. The Labute approximate surface area is 79.3 Å². The zero-order chi connectivity index (χ0) is 9.84. The van der Waals surface area contributed by atoms with Crippen LogP contribution >= 0.6 is 0 Å². The Balaban J connectivity index is 2.92. The van der Waals surface area contributed by atoms with Crippen LogP contribution in [-0.2, 0) is 6.42 Å². The van der Waals surface area contributed by atoms with Crippen LogP contribution in [0.4, 0.5) is 5.69 Å². The van der Waals surface area contributed by atoms with Crippen LogP contribution in [0.25, 0.3) is 0 Å². The SMILES string of the molecule is CC(C)Cc1ccc(N)c(C=N)c1. The van der Waals surface area contributed by atoms with Gasteiger partial charge in [0, 0.05) is 17.5 Å². The largest absolute Gasteiger partial charge is 0.398 e. The number of nitrogen functional groups attached to an aromatic ring is 1. The third-order valence-electron chi connectivity index (χ3n) is 1.95. The van der Waals surface area contributed by atoms with Gasteiger partial charge in [0.25, 0.3) is 0 Å². The van der Waals surface area contributed by atoms with Gasteiger partial charge in [-0.15, -0.1) is 0 Å². The molecular weight excluding hydrogens is 160 g/mol. The molecule has 0 heterocycles. The molecule has 2 heteroatoms. The van der Waals surface area contributed by atoms with Crippen molar-refractivity contribution in [3.05, 3.63) is 29.3 Å². The van der Waals surface area contributed by atoms with E-state index in [-0.39, 0.29) is 0 Å². The highest BCUT2D eigenvalue weighted by Crippen LogP contribution is 2.14. The minimum atomic E-state index is 0.641. The van der Waals surface area contributed by atoms with Gasteiger partial charge in [-0.25, -0.2) is 0 Å². The first-order chi connectivity index (χ1) is 6.13. The summed E-state index contributed by atoms with van der Waals surface area (Å²) in [5, 5.41) is 7.16. The molecule has 1 aromatic rings. The average molecular weight is 176 g/mol. The Morgan fingerprint density at radius 2 is 2.15 bits per heavy atom. The van der Waals surface area contributed by atoms with Crippen LogP contribution in [0.2, 0.25) is 0 Å². The van der Waals surface area contributed by atoms with Crippen molar-refractivity contribution in [1.82, 2.24) is 0 Å². The summed E-state index contributed by atoms with van der Waals surface area (Å²) in [5.41, 5.74) is 8.43. The zero-order valence-electron chi connectivity index (χ0n) is 8.17. The van der Waals surface area contributed by atoms with Crippen molar-refractivity contribution in [2.45, 2.75) is 20.3 Å². The molecular formula is C11H16N2. The van der Waals surface area contributed by atoms with E-state index in [1.165, 1.54) is 11.8 Å². The molecule has 13 heavy (non-hydrogen) atoms. The normalized spacial score (nSPS) is 10.4. The topological polar surface area (TPSA) is 49.9 Å². The minimum absolute atomic E-state index is 0.641. The Bertz CT molecular complexity index is 303. The van der Waals surface area contributed by atoms with E-state index in [9.17, 15) is 0 Å². The van der Waals surface area contributed by atoms with Gasteiger partial charge < -0.3 is 11.1 Å². The van der Waals surface area contributed by atoms with Crippen LogP contribution in [0.3, 0.4) is 0 Å². The third kappa shape index (κ3) is 2.58. The molecule has 0 saturated carbocycles.